The van der Waals surface area contributed by atoms with Gasteiger partial charge in [0.15, 0.2) is 10.6 Å². The van der Waals surface area contributed by atoms with Crippen molar-refractivity contribution in [2.45, 2.75) is 32.0 Å². The summed E-state index contributed by atoms with van der Waals surface area (Å²) in [7, 11) is 0. The van der Waals surface area contributed by atoms with E-state index < -0.39 is 0 Å². The molecule has 2 aromatic rings. The van der Waals surface area contributed by atoms with Gasteiger partial charge in [-0.25, -0.2) is 0 Å². The average molecular weight is 304 g/mol. The third-order valence-electron chi connectivity index (χ3n) is 4.01. The van der Waals surface area contributed by atoms with Crippen LogP contribution >= 0.6 is 12.2 Å². The number of likely N-dealkylation sites (tertiary alicyclic amines) is 1. The van der Waals surface area contributed by atoms with Crippen LogP contribution in [0, 0.1) is 4.77 Å². The van der Waals surface area contributed by atoms with E-state index in [1.54, 1.807) is 0 Å². The highest BCUT2D eigenvalue weighted by Gasteiger charge is 2.24. The molecule has 1 fully saturated rings. The van der Waals surface area contributed by atoms with Crippen molar-refractivity contribution in [3.8, 4) is 0 Å². The Labute approximate surface area is 129 Å². The zero-order valence-corrected chi connectivity index (χ0v) is 12.7. The van der Waals surface area contributed by atoms with E-state index in [1.165, 1.54) is 5.56 Å². The predicted octanol–water partition coefficient (Wildman–Crippen LogP) is 2.27. The number of nitrogens with zero attached hydrogens (tertiary/aromatic N) is 3. The Balaban J connectivity index is 1.74. The van der Waals surface area contributed by atoms with Gasteiger partial charge in [0.1, 0.15) is 6.61 Å². The maximum Gasteiger partial charge on any atom is 0.195 e. The lowest BCUT2D eigenvalue weighted by atomic mass is 10.0. The lowest BCUT2D eigenvalue weighted by Crippen LogP contribution is -2.36. The van der Waals surface area contributed by atoms with E-state index in [0.29, 0.717) is 10.6 Å². The maximum atomic E-state index is 9.40. The third kappa shape index (κ3) is 3.23. The van der Waals surface area contributed by atoms with E-state index in [-0.39, 0.29) is 12.6 Å². The third-order valence-corrected chi connectivity index (χ3v) is 4.30. The highest BCUT2D eigenvalue weighted by Crippen LogP contribution is 2.24. The van der Waals surface area contributed by atoms with E-state index in [0.717, 1.165) is 32.5 Å². The Hall–Kier alpha value is -1.50. The summed E-state index contributed by atoms with van der Waals surface area (Å²) < 4.78 is 2.58. The van der Waals surface area contributed by atoms with E-state index in [4.69, 9.17) is 12.2 Å². The second-order valence-corrected chi connectivity index (χ2v) is 5.88. The monoisotopic (exact) mass is 304 g/mol. The normalized spacial score (nSPS) is 19.8. The molecule has 1 atom stereocenters. The summed E-state index contributed by atoms with van der Waals surface area (Å²) >= 11 is 5.30. The SMILES string of the molecule is OCc1n[nH]c(=S)n1C1CCCN(Cc2ccccc2)C1. The van der Waals surface area contributed by atoms with Crippen LogP contribution in [0.25, 0.3) is 0 Å². The number of aromatic nitrogens is 3. The number of aliphatic hydroxyl groups excluding tert-OH is 1. The molecule has 1 unspecified atom stereocenters. The Morgan fingerprint density at radius 1 is 1.33 bits per heavy atom. The average Bonchev–Trinajstić information content (AvgIpc) is 2.89. The smallest absolute Gasteiger partial charge is 0.195 e. The predicted molar refractivity (Wildman–Crippen MR) is 83.3 cm³/mol. The van der Waals surface area contributed by atoms with Crippen LogP contribution in [0.3, 0.4) is 0 Å². The molecule has 0 amide bonds. The highest BCUT2D eigenvalue weighted by molar-refractivity contribution is 7.71. The van der Waals surface area contributed by atoms with Gasteiger partial charge in [0.2, 0.25) is 0 Å². The minimum Gasteiger partial charge on any atom is -0.388 e. The van der Waals surface area contributed by atoms with Crippen molar-refractivity contribution in [2.75, 3.05) is 13.1 Å². The minimum absolute atomic E-state index is 0.0810. The Morgan fingerprint density at radius 3 is 2.90 bits per heavy atom. The summed E-state index contributed by atoms with van der Waals surface area (Å²) in [5.74, 6) is 0.631. The Morgan fingerprint density at radius 2 is 2.14 bits per heavy atom. The molecule has 1 aromatic heterocycles. The number of piperidine rings is 1. The first-order valence-electron chi connectivity index (χ1n) is 7.31. The summed E-state index contributed by atoms with van der Waals surface area (Å²) in [4.78, 5) is 2.44. The molecule has 1 aromatic carbocycles. The maximum absolute atomic E-state index is 9.40. The van der Waals surface area contributed by atoms with Crippen molar-refractivity contribution < 1.29 is 5.11 Å². The van der Waals surface area contributed by atoms with Crippen molar-refractivity contribution in [2.24, 2.45) is 0 Å². The van der Waals surface area contributed by atoms with Crippen molar-refractivity contribution >= 4 is 12.2 Å². The summed E-state index contributed by atoms with van der Waals surface area (Å²) in [6, 6.07) is 10.8. The van der Waals surface area contributed by atoms with Crippen LogP contribution in [0.1, 0.15) is 30.3 Å². The van der Waals surface area contributed by atoms with E-state index in [2.05, 4.69) is 39.4 Å². The van der Waals surface area contributed by atoms with Gasteiger partial charge in [0.05, 0.1) is 6.04 Å². The largest absolute Gasteiger partial charge is 0.388 e. The molecule has 6 heteroatoms. The molecule has 0 aliphatic carbocycles. The minimum atomic E-state index is -0.0810. The molecule has 0 bridgehead atoms. The summed E-state index contributed by atoms with van der Waals surface area (Å²) in [6.45, 7) is 2.92. The lowest BCUT2D eigenvalue weighted by molar-refractivity contribution is 0.162. The Bertz CT molecular complexity index is 637. The number of H-pyrrole nitrogens is 1. The molecule has 2 N–H and O–H groups in total. The molecule has 0 saturated carbocycles. The van der Waals surface area contributed by atoms with Gasteiger partial charge in [-0.3, -0.25) is 14.6 Å². The number of hydrogen-bond acceptors (Lipinski definition) is 4. The summed E-state index contributed by atoms with van der Waals surface area (Å²) in [5.41, 5.74) is 1.33. The van der Waals surface area contributed by atoms with Crippen LogP contribution in [-0.2, 0) is 13.2 Å². The van der Waals surface area contributed by atoms with Gasteiger partial charge in [-0.15, -0.1) is 0 Å². The van der Waals surface area contributed by atoms with Gasteiger partial charge >= 0.3 is 0 Å². The van der Waals surface area contributed by atoms with E-state index in [1.807, 2.05) is 10.6 Å². The fourth-order valence-electron chi connectivity index (χ4n) is 3.05. The van der Waals surface area contributed by atoms with Crippen LogP contribution in [0.15, 0.2) is 30.3 Å². The second kappa shape index (κ2) is 6.51. The lowest BCUT2D eigenvalue weighted by Gasteiger charge is -2.33. The van der Waals surface area contributed by atoms with Gasteiger partial charge < -0.3 is 5.11 Å². The van der Waals surface area contributed by atoms with Crippen LogP contribution in [0.5, 0.6) is 0 Å². The quantitative estimate of drug-likeness (QED) is 0.851. The van der Waals surface area contributed by atoms with Crippen LogP contribution < -0.4 is 0 Å². The van der Waals surface area contributed by atoms with E-state index >= 15 is 0 Å². The Kier molecular flexibility index (Phi) is 4.48. The van der Waals surface area contributed by atoms with Crippen LogP contribution in [0.4, 0.5) is 0 Å². The number of benzene rings is 1. The van der Waals surface area contributed by atoms with Gasteiger partial charge in [-0.1, -0.05) is 30.3 Å². The molecule has 3 rings (SSSR count). The molecule has 1 saturated heterocycles. The molecule has 1 aliphatic heterocycles. The number of rotatable bonds is 4. The first-order valence-corrected chi connectivity index (χ1v) is 7.71. The molecule has 0 spiro atoms. The number of hydrogen-bond donors (Lipinski definition) is 2. The van der Waals surface area contributed by atoms with Crippen LogP contribution in [0.2, 0.25) is 0 Å². The summed E-state index contributed by atoms with van der Waals surface area (Å²) in [6.07, 6.45) is 2.21. The van der Waals surface area contributed by atoms with Gasteiger partial charge in [-0.05, 0) is 37.2 Å². The number of aliphatic hydroxyl groups is 1. The van der Waals surface area contributed by atoms with Crippen LogP contribution in [-0.4, -0.2) is 37.9 Å². The van der Waals surface area contributed by atoms with Crippen molar-refractivity contribution in [1.29, 1.82) is 0 Å². The van der Waals surface area contributed by atoms with E-state index in [9.17, 15) is 5.11 Å². The molecule has 112 valence electrons. The molecular weight excluding hydrogens is 284 g/mol. The first-order chi connectivity index (χ1) is 10.3. The molecule has 5 nitrogen and oxygen atoms in total. The fourth-order valence-corrected chi connectivity index (χ4v) is 3.35. The van der Waals surface area contributed by atoms with Gasteiger partial charge in [0.25, 0.3) is 0 Å². The second-order valence-electron chi connectivity index (χ2n) is 5.49. The molecule has 21 heavy (non-hydrogen) atoms. The molecular formula is C15H20N4OS. The zero-order chi connectivity index (χ0) is 14.7. The molecule has 2 heterocycles. The zero-order valence-electron chi connectivity index (χ0n) is 11.9. The first kappa shape index (κ1) is 14.4. The fraction of sp³-hybridized carbons (Fsp3) is 0.467. The molecule has 0 radical (unpaired) electrons. The van der Waals surface area contributed by atoms with Crippen molar-refractivity contribution in [1.82, 2.24) is 19.7 Å². The standard InChI is InChI=1S/C15H20N4OS/c20-11-14-16-17-15(21)19(14)13-7-4-8-18(10-13)9-12-5-2-1-3-6-12/h1-3,5-6,13,20H,4,7-11H2,(H,17,21). The highest BCUT2D eigenvalue weighted by atomic mass is 32.1. The topological polar surface area (TPSA) is 57.1 Å². The number of nitrogens with one attached hydrogen (secondary N) is 1. The summed E-state index contributed by atoms with van der Waals surface area (Å²) in [5, 5.41) is 16.3. The van der Waals surface area contributed by atoms with Crippen molar-refractivity contribution in [3.05, 3.63) is 46.5 Å². The van der Waals surface area contributed by atoms with Gasteiger partial charge in [0, 0.05) is 13.1 Å². The number of aromatic amines is 1. The molecule has 1 aliphatic rings. The van der Waals surface area contributed by atoms with Gasteiger partial charge in [-0.2, -0.15) is 5.10 Å². The van der Waals surface area contributed by atoms with Crippen molar-refractivity contribution in [3.63, 3.8) is 0 Å².